The second kappa shape index (κ2) is 9.67. The van der Waals surface area contributed by atoms with Crippen LogP contribution in [0.5, 0.6) is 0 Å². The van der Waals surface area contributed by atoms with Gasteiger partial charge in [-0.3, -0.25) is 10.2 Å². The number of anilines is 1. The number of carbonyl (C=O) groups excluding carboxylic acids is 3. The summed E-state index contributed by atoms with van der Waals surface area (Å²) in [6.45, 7) is 6.18. The van der Waals surface area contributed by atoms with Crippen LogP contribution in [0.3, 0.4) is 0 Å². The van der Waals surface area contributed by atoms with Crippen molar-refractivity contribution in [2.45, 2.75) is 27.2 Å². The van der Waals surface area contributed by atoms with E-state index in [1.165, 1.54) is 5.38 Å². The van der Waals surface area contributed by atoms with Gasteiger partial charge in [-0.25, -0.2) is 14.6 Å². The molecule has 2 aromatic rings. The van der Waals surface area contributed by atoms with Crippen molar-refractivity contribution in [3.8, 4) is 0 Å². The molecule has 0 saturated carbocycles. The summed E-state index contributed by atoms with van der Waals surface area (Å²) in [4.78, 5) is 40.9. The fourth-order valence-corrected chi connectivity index (χ4v) is 2.78. The number of amides is 3. The van der Waals surface area contributed by atoms with Crippen LogP contribution in [0.2, 0.25) is 0 Å². The van der Waals surface area contributed by atoms with Crippen LogP contribution in [0.25, 0.3) is 0 Å². The smallest absolute Gasteiger partial charge is 0.357 e. The maximum absolute atomic E-state index is 12.5. The number of thiazole rings is 1. The van der Waals surface area contributed by atoms with Gasteiger partial charge in [-0.15, -0.1) is 11.3 Å². The highest BCUT2D eigenvalue weighted by Gasteiger charge is 2.23. The lowest BCUT2D eigenvalue weighted by Gasteiger charge is -2.21. The summed E-state index contributed by atoms with van der Waals surface area (Å²) >= 11 is 1.05. The van der Waals surface area contributed by atoms with Gasteiger partial charge in [0.05, 0.1) is 6.61 Å². The number of urea groups is 1. The third kappa shape index (κ3) is 5.52. The summed E-state index contributed by atoms with van der Waals surface area (Å²) < 4.78 is 4.91. The lowest BCUT2D eigenvalue weighted by Crippen LogP contribution is -2.51. The summed E-state index contributed by atoms with van der Waals surface area (Å²) in [5.41, 5.74) is 4.03. The zero-order valence-electron chi connectivity index (χ0n) is 15.4. The van der Waals surface area contributed by atoms with Crippen molar-refractivity contribution in [3.05, 3.63) is 46.5 Å². The molecular formula is C18H22N4O4S. The van der Waals surface area contributed by atoms with Crippen molar-refractivity contribution in [3.63, 3.8) is 0 Å². The molecule has 0 bridgehead atoms. The number of aryl methyl sites for hydroxylation is 1. The normalized spacial score (nSPS) is 10.2. The molecule has 0 radical (unpaired) electrons. The summed E-state index contributed by atoms with van der Waals surface area (Å²) in [6.07, 6.45) is 0.734. The minimum absolute atomic E-state index is 0.0785. The number of benzene rings is 1. The van der Waals surface area contributed by atoms with Gasteiger partial charge in [-0.1, -0.05) is 24.6 Å². The molecule has 0 unspecified atom stereocenters. The van der Waals surface area contributed by atoms with E-state index in [4.69, 9.17) is 4.74 Å². The van der Waals surface area contributed by atoms with E-state index in [1.807, 2.05) is 13.8 Å². The highest BCUT2D eigenvalue weighted by Crippen LogP contribution is 2.20. The first kappa shape index (κ1) is 20.4. The van der Waals surface area contributed by atoms with Crippen LogP contribution in [-0.2, 0) is 4.74 Å². The van der Waals surface area contributed by atoms with Crippen LogP contribution >= 0.6 is 11.3 Å². The Morgan fingerprint density at radius 2 is 1.89 bits per heavy atom. The van der Waals surface area contributed by atoms with Crippen molar-refractivity contribution in [1.82, 2.24) is 15.7 Å². The van der Waals surface area contributed by atoms with Crippen LogP contribution in [0, 0.1) is 6.92 Å². The summed E-state index contributed by atoms with van der Waals surface area (Å²) in [5.74, 6) is -1.05. The Balaban J connectivity index is 2.23. The Kier molecular flexibility index (Phi) is 7.30. The number of hydrogen-bond acceptors (Lipinski definition) is 6. The molecule has 2 rings (SSSR count). The predicted molar refractivity (Wildman–Crippen MR) is 103 cm³/mol. The van der Waals surface area contributed by atoms with Crippen LogP contribution in [0.15, 0.2) is 29.6 Å². The molecule has 27 heavy (non-hydrogen) atoms. The summed E-state index contributed by atoms with van der Waals surface area (Å²) in [6, 6.07) is 6.40. The first-order valence-electron chi connectivity index (χ1n) is 8.54. The number of esters is 1. The Morgan fingerprint density at radius 1 is 1.19 bits per heavy atom. The van der Waals surface area contributed by atoms with E-state index >= 15 is 0 Å². The molecule has 9 heteroatoms. The third-order valence-electron chi connectivity index (χ3n) is 3.42. The highest BCUT2D eigenvalue weighted by atomic mass is 32.1. The third-order valence-corrected chi connectivity index (χ3v) is 4.25. The monoisotopic (exact) mass is 390 g/mol. The Hall–Kier alpha value is -2.94. The van der Waals surface area contributed by atoms with Crippen LogP contribution in [0.1, 0.15) is 46.7 Å². The number of nitrogens with zero attached hydrogens (tertiary/aromatic N) is 2. The number of aromatic nitrogens is 1. The number of hydrogen-bond donors (Lipinski definition) is 2. The zero-order valence-corrected chi connectivity index (χ0v) is 16.3. The van der Waals surface area contributed by atoms with E-state index in [-0.39, 0.29) is 17.4 Å². The average molecular weight is 390 g/mol. The van der Waals surface area contributed by atoms with Crippen molar-refractivity contribution < 1.29 is 19.1 Å². The molecule has 1 aromatic carbocycles. The molecule has 0 fully saturated rings. The molecule has 8 nitrogen and oxygen atoms in total. The van der Waals surface area contributed by atoms with Crippen molar-refractivity contribution >= 4 is 34.4 Å². The van der Waals surface area contributed by atoms with Gasteiger partial charge in [0.25, 0.3) is 5.91 Å². The van der Waals surface area contributed by atoms with Crippen molar-refractivity contribution in [2.24, 2.45) is 0 Å². The van der Waals surface area contributed by atoms with E-state index in [0.29, 0.717) is 12.1 Å². The van der Waals surface area contributed by atoms with Gasteiger partial charge in [0.15, 0.2) is 5.69 Å². The second-order valence-corrected chi connectivity index (χ2v) is 6.45. The highest BCUT2D eigenvalue weighted by molar-refractivity contribution is 7.14. The molecule has 1 aromatic heterocycles. The van der Waals surface area contributed by atoms with Gasteiger partial charge in [-0.2, -0.15) is 5.01 Å². The fourth-order valence-electron chi connectivity index (χ4n) is 2.03. The van der Waals surface area contributed by atoms with Gasteiger partial charge in [0.2, 0.25) is 5.13 Å². The number of ether oxygens (including phenoxy) is 1. The first-order valence-corrected chi connectivity index (χ1v) is 9.42. The number of carbonyl (C=O) groups is 3. The molecule has 0 aliphatic rings. The average Bonchev–Trinajstić information content (AvgIpc) is 3.14. The van der Waals surface area contributed by atoms with E-state index in [9.17, 15) is 14.4 Å². The maximum atomic E-state index is 12.5. The Labute approximate surface area is 161 Å². The Morgan fingerprint density at radius 3 is 2.52 bits per heavy atom. The van der Waals surface area contributed by atoms with Crippen molar-refractivity contribution in [1.29, 1.82) is 0 Å². The van der Waals surface area contributed by atoms with Gasteiger partial charge in [-0.05, 0) is 32.4 Å². The second-order valence-electron chi connectivity index (χ2n) is 5.61. The molecule has 0 aliphatic heterocycles. The molecule has 0 saturated heterocycles. The van der Waals surface area contributed by atoms with Gasteiger partial charge in [0.1, 0.15) is 0 Å². The molecular weight excluding hydrogens is 368 g/mol. The lowest BCUT2D eigenvalue weighted by molar-refractivity contribution is 0.0520. The van der Waals surface area contributed by atoms with Crippen LogP contribution < -0.4 is 15.8 Å². The van der Waals surface area contributed by atoms with E-state index in [2.05, 4.69) is 15.7 Å². The van der Waals surface area contributed by atoms with Crippen molar-refractivity contribution in [2.75, 3.05) is 18.2 Å². The first-order chi connectivity index (χ1) is 13.0. The topological polar surface area (TPSA) is 101 Å². The molecule has 144 valence electrons. The Bertz CT molecular complexity index is 804. The van der Waals surface area contributed by atoms with Gasteiger partial charge in [0, 0.05) is 17.5 Å². The van der Waals surface area contributed by atoms with E-state index < -0.39 is 17.9 Å². The largest absolute Gasteiger partial charge is 0.461 e. The van der Waals surface area contributed by atoms with Gasteiger partial charge < -0.3 is 10.1 Å². The summed E-state index contributed by atoms with van der Waals surface area (Å²) in [7, 11) is 0. The zero-order chi connectivity index (χ0) is 19.8. The predicted octanol–water partition coefficient (Wildman–Crippen LogP) is 2.90. The number of hydrazine groups is 1. The maximum Gasteiger partial charge on any atom is 0.357 e. The number of nitrogens with one attached hydrogen (secondary N) is 2. The fraction of sp³-hybridized carbons (Fsp3) is 0.333. The van der Waals surface area contributed by atoms with E-state index in [1.54, 1.807) is 31.2 Å². The quantitative estimate of drug-likeness (QED) is 0.583. The lowest BCUT2D eigenvalue weighted by atomic mass is 10.1. The summed E-state index contributed by atoms with van der Waals surface area (Å²) in [5, 5.41) is 5.33. The minimum atomic E-state index is -0.584. The standard InChI is InChI=1S/C18H22N4O4S/c1-4-10-19-17(25)22(18-20-14(11-27-18)16(24)26-5-2)21-15(23)13-8-6-12(3)7-9-13/h6-9,11H,4-5,10H2,1-3H3,(H,19,25)(H,21,23). The van der Waals surface area contributed by atoms with Crippen LogP contribution in [0.4, 0.5) is 9.93 Å². The molecule has 1 heterocycles. The molecule has 3 amide bonds. The van der Waals surface area contributed by atoms with E-state index in [0.717, 1.165) is 28.3 Å². The molecule has 2 N–H and O–H groups in total. The molecule has 0 aliphatic carbocycles. The van der Waals surface area contributed by atoms with Gasteiger partial charge >= 0.3 is 12.0 Å². The minimum Gasteiger partial charge on any atom is -0.461 e. The SMILES string of the molecule is CCCNC(=O)N(NC(=O)c1ccc(C)cc1)c1nc(C(=O)OCC)cs1. The van der Waals surface area contributed by atoms with Crippen LogP contribution in [-0.4, -0.2) is 36.0 Å². The molecule has 0 spiro atoms. The molecule has 0 atom stereocenters. The number of rotatable bonds is 6.